The van der Waals surface area contributed by atoms with Crippen LogP contribution >= 0.6 is 15.9 Å². The fourth-order valence-corrected chi connectivity index (χ4v) is 2.49. The summed E-state index contributed by atoms with van der Waals surface area (Å²) in [5.41, 5.74) is 2.28. The maximum absolute atomic E-state index is 12.3. The number of morpholine rings is 1. The van der Waals surface area contributed by atoms with Crippen LogP contribution in [0.3, 0.4) is 0 Å². The van der Waals surface area contributed by atoms with E-state index in [1.165, 1.54) is 0 Å². The van der Waals surface area contributed by atoms with Gasteiger partial charge in [-0.3, -0.25) is 4.79 Å². The van der Waals surface area contributed by atoms with E-state index in [0.29, 0.717) is 32.0 Å². The highest BCUT2D eigenvalue weighted by molar-refractivity contribution is 9.10. The molecule has 0 bridgehead atoms. The molecule has 0 atom stereocenters. The summed E-state index contributed by atoms with van der Waals surface area (Å²) in [4.78, 5) is 18.3. The second-order valence-electron chi connectivity index (χ2n) is 4.97. The quantitative estimate of drug-likeness (QED) is 0.912. The van der Waals surface area contributed by atoms with E-state index in [1.54, 1.807) is 17.2 Å². The lowest BCUT2D eigenvalue weighted by Crippen LogP contribution is -2.41. The van der Waals surface area contributed by atoms with Crippen LogP contribution in [0.25, 0.3) is 0 Å². The summed E-state index contributed by atoms with van der Waals surface area (Å²) in [6, 6.07) is 11.5. The molecule has 1 aliphatic heterocycles. The lowest BCUT2D eigenvalue weighted by atomic mass is 10.2. The van der Waals surface area contributed by atoms with Crippen molar-refractivity contribution in [1.29, 1.82) is 0 Å². The molecular formula is C16H16BrN3O2. The number of hydrogen-bond donors (Lipinski definition) is 1. The number of aromatic nitrogens is 1. The van der Waals surface area contributed by atoms with Gasteiger partial charge in [-0.25, -0.2) is 4.98 Å². The number of amides is 1. The van der Waals surface area contributed by atoms with Crippen molar-refractivity contribution in [1.82, 2.24) is 9.88 Å². The number of anilines is 2. The first kappa shape index (κ1) is 15.0. The van der Waals surface area contributed by atoms with Crippen LogP contribution in [0.2, 0.25) is 0 Å². The molecule has 22 heavy (non-hydrogen) atoms. The highest BCUT2D eigenvalue weighted by atomic mass is 79.9. The number of nitrogens with one attached hydrogen (secondary N) is 1. The topological polar surface area (TPSA) is 54.5 Å². The third kappa shape index (κ3) is 3.64. The average molecular weight is 362 g/mol. The van der Waals surface area contributed by atoms with E-state index >= 15 is 0 Å². The monoisotopic (exact) mass is 361 g/mol. The number of pyridine rings is 1. The minimum absolute atomic E-state index is 0.0431. The van der Waals surface area contributed by atoms with Gasteiger partial charge in [-0.2, -0.15) is 0 Å². The van der Waals surface area contributed by atoms with Crippen LogP contribution in [0.1, 0.15) is 10.5 Å². The van der Waals surface area contributed by atoms with Crippen molar-refractivity contribution in [2.75, 3.05) is 31.6 Å². The summed E-state index contributed by atoms with van der Waals surface area (Å²) < 4.78 is 6.28. The lowest BCUT2D eigenvalue weighted by Gasteiger charge is -2.26. The van der Waals surface area contributed by atoms with E-state index in [9.17, 15) is 4.79 Å². The molecule has 114 valence electrons. The Morgan fingerprint density at radius 1 is 1.09 bits per heavy atom. The maximum atomic E-state index is 12.3. The number of hydrogen-bond acceptors (Lipinski definition) is 4. The third-order valence-electron chi connectivity index (χ3n) is 3.41. The molecule has 1 fully saturated rings. The molecule has 6 heteroatoms. The molecule has 1 N–H and O–H groups in total. The van der Waals surface area contributed by atoms with Crippen LogP contribution in [0.15, 0.2) is 47.1 Å². The molecule has 0 unspecified atom stereocenters. The molecule has 5 nitrogen and oxygen atoms in total. The van der Waals surface area contributed by atoms with Crippen LogP contribution in [-0.4, -0.2) is 42.1 Å². The zero-order valence-electron chi connectivity index (χ0n) is 12.0. The van der Waals surface area contributed by atoms with Crippen molar-refractivity contribution in [3.05, 3.63) is 52.8 Å². The van der Waals surface area contributed by atoms with Crippen molar-refractivity contribution < 1.29 is 9.53 Å². The fourth-order valence-electron chi connectivity index (χ4n) is 2.22. The van der Waals surface area contributed by atoms with Gasteiger partial charge in [0.15, 0.2) is 0 Å². The van der Waals surface area contributed by atoms with Gasteiger partial charge in [0.05, 0.1) is 25.1 Å². The van der Waals surface area contributed by atoms with Crippen molar-refractivity contribution in [3.8, 4) is 0 Å². The molecule has 2 heterocycles. The van der Waals surface area contributed by atoms with Crippen LogP contribution in [0.4, 0.5) is 11.4 Å². The van der Waals surface area contributed by atoms with Crippen molar-refractivity contribution in [2.45, 2.75) is 0 Å². The van der Waals surface area contributed by atoms with E-state index in [-0.39, 0.29) is 5.91 Å². The van der Waals surface area contributed by atoms with Gasteiger partial charge in [-0.1, -0.05) is 15.9 Å². The number of carbonyl (C=O) groups is 1. The molecule has 1 saturated heterocycles. The number of nitrogens with zero attached hydrogens (tertiary/aromatic N) is 2. The van der Waals surface area contributed by atoms with Crippen molar-refractivity contribution in [3.63, 3.8) is 0 Å². The van der Waals surface area contributed by atoms with Gasteiger partial charge >= 0.3 is 0 Å². The molecule has 0 radical (unpaired) electrons. The maximum Gasteiger partial charge on any atom is 0.272 e. The Labute approximate surface area is 137 Å². The molecule has 0 spiro atoms. The lowest BCUT2D eigenvalue weighted by molar-refractivity contribution is 0.0299. The first-order valence-corrected chi connectivity index (χ1v) is 7.87. The van der Waals surface area contributed by atoms with Crippen LogP contribution in [0.5, 0.6) is 0 Å². The summed E-state index contributed by atoms with van der Waals surface area (Å²) in [6.45, 7) is 2.43. The highest BCUT2D eigenvalue weighted by Gasteiger charge is 2.19. The molecule has 1 amide bonds. The van der Waals surface area contributed by atoms with Crippen LogP contribution in [-0.2, 0) is 4.74 Å². The summed E-state index contributed by atoms with van der Waals surface area (Å²) in [5.74, 6) is -0.0431. The van der Waals surface area contributed by atoms with E-state index < -0.39 is 0 Å². The summed E-state index contributed by atoms with van der Waals surface area (Å²) in [6.07, 6.45) is 1.68. The Morgan fingerprint density at radius 2 is 1.77 bits per heavy atom. The highest BCUT2D eigenvalue weighted by Crippen LogP contribution is 2.19. The molecular weight excluding hydrogens is 346 g/mol. The van der Waals surface area contributed by atoms with Gasteiger partial charge in [-0.05, 0) is 36.4 Å². The van der Waals surface area contributed by atoms with Crippen molar-refractivity contribution >= 4 is 33.2 Å². The average Bonchev–Trinajstić information content (AvgIpc) is 2.58. The number of rotatable bonds is 3. The van der Waals surface area contributed by atoms with E-state index in [2.05, 4.69) is 26.2 Å². The Bertz CT molecular complexity index is 637. The van der Waals surface area contributed by atoms with E-state index in [0.717, 1.165) is 15.8 Å². The number of ether oxygens (including phenoxy) is 1. The Hall–Kier alpha value is -1.92. The molecule has 2 aromatic rings. The van der Waals surface area contributed by atoms with E-state index in [4.69, 9.17) is 4.74 Å². The zero-order valence-corrected chi connectivity index (χ0v) is 13.5. The fraction of sp³-hybridized carbons (Fsp3) is 0.250. The normalized spacial score (nSPS) is 14.7. The molecule has 1 aromatic carbocycles. The standard InChI is InChI=1S/C16H16BrN3O2/c17-12-1-3-13(4-2-12)19-14-5-6-15(18-11-14)16(21)20-7-9-22-10-8-20/h1-6,11,19H,7-10H2. The smallest absolute Gasteiger partial charge is 0.272 e. The van der Waals surface area contributed by atoms with Gasteiger partial charge in [0, 0.05) is 23.2 Å². The Morgan fingerprint density at radius 3 is 2.41 bits per heavy atom. The van der Waals surface area contributed by atoms with Gasteiger partial charge in [0.1, 0.15) is 5.69 Å². The number of halogens is 1. The van der Waals surface area contributed by atoms with Crippen LogP contribution < -0.4 is 5.32 Å². The Kier molecular flexibility index (Phi) is 4.70. The summed E-state index contributed by atoms with van der Waals surface area (Å²) >= 11 is 3.40. The minimum Gasteiger partial charge on any atom is -0.378 e. The zero-order chi connectivity index (χ0) is 15.4. The molecule has 0 aliphatic carbocycles. The molecule has 0 saturated carbocycles. The first-order chi connectivity index (χ1) is 10.7. The van der Waals surface area contributed by atoms with Gasteiger partial charge < -0.3 is 15.0 Å². The predicted octanol–water partition coefficient (Wildman–Crippen LogP) is 3.06. The van der Waals surface area contributed by atoms with Gasteiger partial charge in [0.2, 0.25) is 0 Å². The number of benzene rings is 1. The summed E-state index contributed by atoms with van der Waals surface area (Å²) in [7, 11) is 0. The SMILES string of the molecule is O=C(c1ccc(Nc2ccc(Br)cc2)cn1)N1CCOCC1. The molecule has 3 rings (SSSR count). The van der Waals surface area contributed by atoms with Gasteiger partial charge in [0.25, 0.3) is 5.91 Å². The van der Waals surface area contributed by atoms with E-state index in [1.807, 2.05) is 30.3 Å². The number of carbonyl (C=O) groups excluding carboxylic acids is 1. The van der Waals surface area contributed by atoms with Crippen molar-refractivity contribution in [2.24, 2.45) is 0 Å². The Balaban J connectivity index is 1.66. The molecule has 1 aliphatic rings. The van der Waals surface area contributed by atoms with Crippen LogP contribution in [0, 0.1) is 0 Å². The van der Waals surface area contributed by atoms with Gasteiger partial charge in [-0.15, -0.1) is 0 Å². The largest absolute Gasteiger partial charge is 0.378 e. The molecule has 1 aromatic heterocycles. The summed E-state index contributed by atoms with van der Waals surface area (Å²) in [5, 5.41) is 3.25. The first-order valence-electron chi connectivity index (χ1n) is 7.08. The second-order valence-corrected chi connectivity index (χ2v) is 5.88. The second kappa shape index (κ2) is 6.89. The minimum atomic E-state index is -0.0431. The predicted molar refractivity (Wildman–Crippen MR) is 88.4 cm³/mol. The third-order valence-corrected chi connectivity index (χ3v) is 3.94.